The first-order valence-corrected chi connectivity index (χ1v) is 8.30. The van der Waals surface area contributed by atoms with Crippen LogP contribution in [-0.4, -0.2) is 37.4 Å². The van der Waals surface area contributed by atoms with Gasteiger partial charge >= 0.3 is 6.36 Å². The van der Waals surface area contributed by atoms with Gasteiger partial charge in [0.1, 0.15) is 5.75 Å². The highest BCUT2D eigenvalue weighted by molar-refractivity contribution is 5.36. The molecule has 0 bridgehead atoms. The number of halogens is 3. The van der Waals surface area contributed by atoms with E-state index < -0.39 is 6.36 Å². The maximum Gasteiger partial charge on any atom is 0.573 e. The second-order valence-electron chi connectivity index (χ2n) is 5.88. The molecule has 1 heterocycles. The van der Waals surface area contributed by atoms with Crippen molar-refractivity contribution in [3.63, 3.8) is 0 Å². The fourth-order valence-electron chi connectivity index (χ4n) is 3.09. The molecule has 1 aliphatic rings. The topological polar surface area (TPSA) is 24.5 Å². The van der Waals surface area contributed by atoms with E-state index in [9.17, 15) is 13.2 Å². The zero-order valence-corrected chi connectivity index (χ0v) is 13.5. The molecule has 1 aliphatic heterocycles. The fourth-order valence-corrected chi connectivity index (χ4v) is 3.09. The van der Waals surface area contributed by atoms with Gasteiger partial charge in [-0.25, -0.2) is 0 Å². The van der Waals surface area contributed by atoms with Gasteiger partial charge in [0.2, 0.25) is 0 Å². The maximum absolute atomic E-state index is 12.7. The van der Waals surface area contributed by atoms with Crippen molar-refractivity contribution >= 4 is 0 Å². The predicted molar refractivity (Wildman–Crippen MR) is 84.5 cm³/mol. The van der Waals surface area contributed by atoms with E-state index in [-0.39, 0.29) is 11.8 Å². The van der Waals surface area contributed by atoms with Gasteiger partial charge in [0.15, 0.2) is 0 Å². The standard InChI is InChI=1S/C17H25F3N2O/c1-2-3-4-8-15(22-12-10-21-11-13-22)14-7-5-6-9-16(14)23-17(18,19)20/h5-7,9,15,21H,2-4,8,10-13H2,1H3/t15-/m1/s1. The summed E-state index contributed by atoms with van der Waals surface area (Å²) in [6, 6.07) is 6.53. The number of piperazine rings is 1. The average molecular weight is 330 g/mol. The Morgan fingerprint density at radius 3 is 2.52 bits per heavy atom. The van der Waals surface area contributed by atoms with Crippen LogP contribution in [0.2, 0.25) is 0 Å². The highest BCUT2D eigenvalue weighted by Crippen LogP contribution is 2.36. The van der Waals surface area contributed by atoms with Gasteiger partial charge in [0.05, 0.1) is 0 Å². The number of hydrogen-bond acceptors (Lipinski definition) is 3. The largest absolute Gasteiger partial charge is 0.573 e. The number of hydrogen-bond donors (Lipinski definition) is 1. The first-order chi connectivity index (χ1) is 11.0. The molecule has 1 aromatic carbocycles. The molecule has 6 heteroatoms. The summed E-state index contributed by atoms with van der Waals surface area (Å²) in [7, 11) is 0. The summed E-state index contributed by atoms with van der Waals surface area (Å²) in [6.07, 6.45) is -0.620. The quantitative estimate of drug-likeness (QED) is 0.762. The molecule has 1 aromatic rings. The van der Waals surface area contributed by atoms with Gasteiger partial charge in [-0.15, -0.1) is 13.2 Å². The molecule has 0 radical (unpaired) electrons. The summed E-state index contributed by atoms with van der Waals surface area (Å²) >= 11 is 0. The Labute approximate surface area is 135 Å². The molecular formula is C17H25F3N2O. The van der Waals surface area contributed by atoms with Gasteiger partial charge in [0.25, 0.3) is 0 Å². The molecule has 1 fully saturated rings. The number of alkyl halides is 3. The van der Waals surface area contributed by atoms with E-state index in [4.69, 9.17) is 0 Å². The number of rotatable bonds is 7. The van der Waals surface area contributed by atoms with Crippen LogP contribution in [0.1, 0.15) is 44.2 Å². The van der Waals surface area contributed by atoms with Crippen LogP contribution in [0.25, 0.3) is 0 Å². The van der Waals surface area contributed by atoms with Crippen LogP contribution in [0.4, 0.5) is 13.2 Å². The van der Waals surface area contributed by atoms with Gasteiger partial charge < -0.3 is 10.1 Å². The van der Waals surface area contributed by atoms with Crippen LogP contribution < -0.4 is 10.1 Å². The first-order valence-electron chi connectivity index (χ1n) is 8.30. The zero-order chi connectivity index (χ0) is 16.7. The third kappa shape index (κ3) is 5.70. The number of benzene rings is 1. The Morgan fingerprint density at radius 2 is 1.87 bits per heavy atom. The van der Waals surface area contributed by atoms with Crippen molar-refractivity contribution in [1.29, 1.82) is 0 Å². The summed E-state index contributed by atoms with van der Waals surface area (Å²) in [6.45, 7) is 5.55. The Bertz CT molecular complexity index is 473. The molecule has 0 aliphatic carbocycles. The lowest BCUT2D eigenvalue weighted by Gasteiger charge is -2.36. The summed E-state index contributed by atoms with van der Waals surface area (Å²) in [5, 5.41) is 3.29. The third-order valence-electron chi connectivity index (χ3n) is 4.18. The molecule has 23 heavy (non-hydrogen) atoms. The van der Waals surface area contributed by atoms with E-state index >= 15 is 0 Å². The maximum atomic E-state index is 12.7. The van der Waals surface area contributed by atoms with E-state index in [2.05, 4.69) is 21.9 Å². The lowest BCUT2D eigenvalue weighted by molar-refractivity contribution is -0.275. The predicted octanol–water partition coefficient (Wildman–Crippen LogP) is 4.11. The SMILES string of the molecule is CCCCC[C@H](c1ccccc1OC(F)(F)F)N1CCNCC1. The van der Waals surface area contributed by atoms with Gasteiger partial charge in [-0.05, 0) is 12.5 Å². The molecule has 0 amide bonds. The molecule has 0 unspecified atom stereocenters. The molecule has 1 atom stereocenters. The van der Waals surface area contributed by atoms with Crippen LogP contribution in [-0.2, 0) is 0 Å². The van der Waals surface area contributed by atoms with Crippen molar-refractivity contribution in [2.24, 2.45) is 0 Å². The van der Waals surface area contributed by atoms with Gasteiger partial charge in [-0.2, -0.15) is 0 Å². The smallest absolute Gasteiger partial charge is 0.405 e. The van der Waals surface area contributed by atoms with E-state index in [1.807, 2.05) is 0 Å². The van der Waals surface area contributed by atoms with Crippen LogP contribution in [0.5, 0.6) is 5.75 Å². The molecule has 0 saturated carbocycles. The average Bonchev–Trinajstić information content (AvgIpc) is 2.52. The summed E-state index contributed by atoms with van der Waals surface area (Å²) in [4.78, 5) is 2.27. The van der Waals surface area contributed by atoms with Crippen molar-refractivity contribution in [3.8, 4) is 5.75 Å². The van der Waals surface area contributed by atoms with E-state index in [0.717, 1.165) is 51.9 Å². The van der Waals surface area contributed by atoms with Crippen LogP contribution in [0.3, 0.4) is 0 Å². The fraction of sp³-hybridized carbons (Fsp3) is 0.647. The van der Waals surface area contributed by atoms with E-state index in [0.29, 0.717) is 5.56 Å². The highest BCUT2D eigenvalue weighted by Gasteiger charge is 2.33. The van der Waals surface area contributed by atoms with E-state index in [1.54, 1.807) is 18.2 Å². The summed E-state index contributed by atoms with van der Waals surface area (Å²) in [5.41, 5.74) is 0.642. The Kier molecular flexibility index (Phi) is 6.72. The van der Waals surface area contributed by atoms with Crippen molar-refractivity contribution in [2.75, 3.05) is 26.2 Å². The first kappa shape index (κ1) is 18.1. The normalized spacial score (nSPS) is 17.9. The van der Waals surface area contributed by atoms with Crippen molar-refractivity contribution in [1.82, 2.24) is 10.2 Å². The minimum Gasteiger partial charge on any atom is -0.405 e. The zero-order valence-electron chi connectivity index (χ0n) is 13.5. The molecule has 1 N–H and O–H groups in total. The molecule has 3 nitrogen and oxygen atoms in total. The van der Waals surface area contributed by atoms with Gasteiger partial charge in [-0.3, -0.25) is 4.90 Å². The lowest BCUT2D eigenvalue weighted by atomic mass is 9.97. The molecule has 130 valence electrons. The summed E-state index contributed by atoms with van der Waals surface area (Å²) in [5.74, 6) is -0.0694. The second-order valence-corrected chi connectivity index (χ2v) is 5.88. The Hall–Kier alpha value is -1.27. The Balaban J connectivity index is 2.22. The molecular weight excluding hydrogens is 305 g/mol. The highest BCUT2D eigenvalue weighted by atomic mass is 19.4. The van der Waals surface area contributed by atoms with Crippen LogP contribution >= 0.6 is 0 Å². The Morgan fingerprint density at radius 1 is 1.17 bits per heavy atom. The summed E-state index contributed by atoms with van der Waals surface area (Å²) < 4.78 is 42.3. The minimum absolute atomic E-state index is 0.0257. The van der Waals surface area contributed by atoms with E-state index in [1.165, 1.54) is 6.07 Å². The number of ether oxygens (including phenoxy) is 1. The van der Waals surface area contributed by atoms with Gasteiger partial charge in [0, 0.05) is 37.8 Å². The van der Waals surface area contributed by atoms with Crippen LogP contribution in [0, 0.1) is 0 Å². The number of unbranched alkanes of at least 4 members (excludes halogenated alkanes) is 2. The monoisotopic (exact) mass is 330 g/mol. The minimum atomic E-state index is -4.66. The molecule has 1 saturated heterocycles. The molecule has 0 aromatic heterocycles. The van der Waals surface area contributed by atoms with Gasteiger partial charge in [-0.1, -0.05) is 44.4 Å². The number of nitrogens with one attached hydrogen (secondary N) is 1. The molecule has 2 rings (SSSR count). The lowest BCUT2D eigenvalue weighted by Crippen LogP contribution is -2.45. The third-order valence-corrected chi connectivity index (χ3v) is 4.18. The molecule has 0 spiro atoms. The number of para-hydroxylation sites is 1. The van der Waals surface area contributed by atoms with Crippen molar-refractivity contribution in [2.45, 2.75) is 45.0 Å². The van der Waals surface area contributed by atoms with Crippen molar-refractivity contribution < 1.29 is 17.9 Å². The van der Waals surface area contributed by atoms with Crippen molar-refractivity contribution in [3.05, 3.63) is 29.8 Å². The van der Waals surface area contributed by atoms with Crippen LogP contribution in [0.15, 0.2) is 24.3 Å². The second kappa shape index (κ2) is 8.55. The number of nitrogens with zero attached hydrogens (tertiary/aromatic N) is 1.